The minimum absolute atomic E-state index is 0.0162. The lowest BCUT2D eigenvalue weighted by Crippen LogP contribution is -2.51. The molecule has 0 spiro atoms. The Hall–Kier alpha value is -1.56. The first-order valence-electron chi connectivity index (χ1n) is 5.46. The van der Waals surface area contributed by atoms with Crippen molar-refractivity contribution in [2.75, 3.05) is 13.1 Å². The summed E-state index contributed by atoms with van der Waals surface area (Å²) in [5, 5.41) is 0. The molecule has 0 aromatic heterocycles. The average molecular weight is 259 g/mol. The van der Waals surface area contributed by atoms with Gasteiger partial charge in [0.25, 0.3) is 0 Å². The number of hydrogen-bond acceptors (Lipinski definition) is 2. The fourth-order valence-corrected chi connectivity index (χ4v) is 1.67. The maximum Gasteiger partial charge on any atom is 0.416 e. The number of alkyl halides is 3. The van der Waals surface area contributed by atoms with Crippen LogP contribution < -0.4 is 0 Å². The minimum atomic E-state index is -4.31. The zero-order valence-electron chi connectivity index (χ0n) is 9.48. The Labute approximate surface area is 102 Å². The molecule has 0 N–H and O–H groups in total. The summed E-state index contributed by atoms with van der Waals surface area (Å²) in [6.07, 6.45) is -3.58. The number of carbonyl (C=O) groups excluding carboxylic acids is 1. The van der Waals surface area contributed by atoms with Crippen molar-refractivity contribution in [3.63, 3.8) is 0 Å². The summed E-state index contributed by atoms with van der Waals surface area (Å²) in [5.41, 5.74) is 0.0228. The monoisotopic (exact) mass is 259 g/mol. The van der Waals surface area contributed by atoms with E-state index in [1.54, 1.807) is 4.90 Å². The van der Waals surface area contributed by atoms with Crippen LogP contribution in [0.5, 0.6) is 0 Å². The second kappa shape index (κ2) is 4.97. The summed E-state index contributed by atoms with van der Waals surface area (Å²) in [5.74, 6) is 0. The van der Waals surface area contributed by atoms with Gasteiger partial charge < -0.3 is 9.64 Å². The fourth-order valence-electron chi connectivity index (χ4n) is 1.67. The largest absolute Gasteiger partial charge is 0.416 e. The Bertz CT molecular complexity index is 410. The van der Waals surface area contributed by atoms with Gasteiger partial charge in [-0.25, -0.2) is 0 Å². The molecule has 0 atom stereocenters. The van der Waals surface area contributed by atoms with Crippen molar-refractivity contribution in [3.05, 3.63) is 35.4 Å². The van der Waals surface area contributed by atoms with Crippen LogP contribution in [0.1, 0.15) is 11.1 Å². The van der Waals surface area contributed by atoms with Crippen LogP contribution in [0.15, 0.2) is 24.3 Å². The molecule has 1 aliphatic rings. The lowest BCUT2D eigenvalue weighted by molar-refractivity contribution is -0.137. The number of ether oxygens (including phenoxy) is 1. The van der Waals surface area contributed by atoms with E-state index in [4.69, 9.17) is 4.74 Å². The number of rotatable bonds is 4. The molecule has 98 valence electrons. The highest BCUT2D eigenvalue weighted by molar-refractivity contribution is 5.48. The minimum Gasteiger partial charge on any atom is -0.370 e. The molecule has 1 fully saturated rings. The Morgan fingerprint density at radius 3 is 2.39 bits per heavy atom. The van der Waals surface area contributed by atoms with Gasteiger partial charge in [-0.15, -0.1) is 0 Å². The number of halogens is 3. The quantitative estimate of drug-likeness (QED) is 0.775. The highest BCUT2D eigenvalue weighted by Gasteiger charge is 2.30. The molecule has 1 aromatic rings. The van der Waals surface area contributed by atoms with Crippen molar-refractivity contribution >= 4 is 6.41 Å². The zero-order valence-corrected chi connectivity index (χ0v) is 9.48. The number of benzene rings is 1. The van der Waals surface area contributed by atoms with Gasteiger partial charge >= 0.3 is 6.18 Å². The van der Waals surface area contributed by atoms with Crippen LogP contribution in [0.4, 0.5) is 13.2 Å². The molecule has 0 aliphatic carbocycles. The highest BCUT2D eigenvalue weighted by atomic mass is 19.4. The molecule has 0 saturated carbocycles. The summed E-state index contributed by atoms with van der Waals surface area (Å²) in [6, 6.07) is 4.88. The molecule has 18 heavy (non-hydrogen) atoms. The van der Waals surface area contributed by atoms with Gasteiger partial charge in [-0.1, -0.05) is 12.1 Å². The van der Waals surface area contributed by atoms with Crippen molar-refractivity contribution in [1.82, 2.24) is 4.90 Å². The van der Waals surface area contributed by atoms with Crippen LogP contribution in [-0.4, -0.2) is 30.5 Å². The van der Waals surface area contributed by atoms with E-state index in [0.29, 0.717) is 18.7 Å². The Kier molecular flexibility index (Phi) is 3.56. The maximum absolute atomic E-state index is 12.3. The summed E-state index contributed by atoms with van der Waals surface area (Å²) in [6.45, 7) is 1.35. The van der Waals surface area contributed by atoms with E-state index in [0.717, 1.165) is 18.5 Å². The molecule has 6 heteroatoms. The fraction of sp³-hybridized carbons (Fsp3) is 0.417. The van der Waals surface area contributed by atoms with Gasteiger partial charge in [-0.3, -0.25) is 4.79 Å². The van der Waals surface area contributed by atoms with Crippen molar-refractivity contribution in [2.24, 2.45) is 0 Å². The smallest absolute Gasteiger partial charge is 0.370 e. The van der Waals surface area contributed by atoms with Crippen LogP contribution in [0.25, 0.3) is 0 Å². The van der Waals surface area contributed by atoms with Crippen LogP contribution >= 0.6 is 0 Å². The first kappa shape index (κ1) is 12.9. The van der Waals surface area contributed by atoms with Crippen molar-refractivity contribution in [2.45, 2.75) is 18.9 Å². The molecule has 1 aliphatic heterocycles. The van der Waals surface area contributed by atoms with E-state index in [1.807, 2.05) is 0 Å². The van der Waals surface area contributed by atoms with E-state index in [9.17, 15) is 18.0 Å². The first-order chi connectivity index (χ1) is 8.49. The molecule has 0 unspecified atom stereocenters. The van der Waals surface area contributed by atoms with Gasteiger partial charge in [-0.2, -0.15) is 13.2 Å². The van der Waals surface area contributed by atoms with E-state index < -0.39 is 11.7 Å². The van der Waals surface area contributed by atoms with E-state index >= 15 is 0 Å². The van der Waals surface area contributed by atoms with Gasteiger partial charge in [0, 0.05) is 13.1 Å². The molecular formula is C12H12F3NO2. The molecule has 1 aromatic carbocycles. The third-order valence-electron chi connectivity index (χ3n) is 2.79. The third-order valence-corrected chi connectivity index (χ3v) is 2.79. The number of amides is 1. The summed E-state index contributed by atoms with van der Waals surface area (Å²) >= 11 is 0. The Balaban J connectivity index is 1.82. The SMILES string of the molecule is O=CN1CC(OCc2ccc(C(F)(F)F)cc2)C1. The van der Waals surface area contributed by atoms with Gasteiger partial charge in [0.15, 0.2) is 0 Å². The summed E-state index contributed by atoms with van der Waals surface area (Å²) in [4.78, 5) is 11.9. The topological polar surface area (TPSA) is 29.5 Å². The molecular weight excluding hydrogens is 247 g/mol. The van der Waals surface area contributed by atoms with Crippen molar-refractivity contribution in [1.29, 1.82) is 0 Å². The molecule has 3 nitrogen and oxygen atoms in total. The molecule has 1 heterocycles. The van der Waals surface area contributed by atoms with Gasteiger partial charge in [0.1, 0.15) is 0 Å². The zero-order chi connectivity index (χ0) is 13.2. The Morgan fingerprint density at radius 2 is 1.89 bits per heavy atom. The summed E-state index contributed by atoms with van der Waals surface area (Å²) < 4.78 is 42.4. The third kappa shape index (κ3) is 3.01. The van der Waals surface area contributed by atoms with Gasteiger partial charge in [0.05, 0.1) is 18.3 Å². The normalized spacial score (nSPS) is 16.5. The van der Waals surface area contributed by atoms with Gasteiger partial charge in [-0.05, 0) is 17.7 Å². The van der Waals surface area contributed by atoms with Crippen molar-refractivity contribution in [3.8, 4) is 0 Å². The lowest BCUT2D eigenvalue weighted by atomic mass is 10.1. The van der Waals surface area contributed by atoms with Crippen LogP contribution in [0, 0.1) is 0 Å². The van der Waals surface area contributed by atoms with Crippen LogP contribution in [0.2, 0.25) is 0 Å². The van der Waals surface area contributed by atoms with E-state index in [-0.39, 0.29) is 12.7 Å². The number of hydrogen-bond donors (Lipinski definition) is 0. The standard InChI is InChI=1S/C12H12F3NO2/c13-12(14,15)10-3-1-9(2-4-10)7-18-11-5-16(6-11)8-17/h1-4,8,11H,5-7H2. The molecule has 0 radical (unpaired) electrons. The average Bonchev–Trinajstić information content (AvgIpc) is 2.27. The lowest BCUT2D eigenvalue weighted by Gasteiger charge is -2.35. The molecule has 0 bridgehead atoms. The summed E-state index contributed by atoms with van der Waals surface area (Å²) in [7, 11) is 0. The second-order valence-corrected chi connectivity index (χ2v) is 4.19. The highest BCUT2D eigenvalue weighted by Crippen LogP contribution is 2.29. The predicted molar refractivity (Wildman–Crippen MR) is 57.7 cm³/mol. The molecule has 2 rings (SSSR count). The van der Waals surface area contributed by atoms with Crippen molar-refractivity contribution < 1.29 is 22.7 Å². The van der Waals surface area contributed by atoms with E-state index in [2.05, 4.69) is 0 Å². The number of likely N-dealkylation sites (tertiary alicyclic amines) is 1. The maximum atomic E-state index is 12.3. The molecule has 1 amide bonds. The van der Waals surface area contributed by atoms with Crippen LogP contribution in [0.3, 0.4) is 0 Å². The molecule has 1 saturated heterocycles. The predicted octanol–water partition coefficient (Wildman–Crippen LogP) is 2.06. The van der Waals surface area contributed by atoms with Crippen LogP contribution in [-0.2, 0) is 22.3 Å². The van der Waals surface area contributed by atoms with Gasteiger partial charge in [0.2, 0.25) is 6.41 Å². The number of carbonyl (C=O) groups is 1. The Morgan fingerprint density at radius 1 is 1.28 bits per heavy atom. The number of nitrogens with zero attached hydrogens (tertiary/aromatic N) is 1. The second-order valence-electron chi connectivity index (χ2n) is 4.19. The first-order valence-corrected chi connectivity index (χ1v) is 5.46. The van der Waals surface area contributed by atoms with E-state index in [1.165, 1.54) is 12.1 Å².